The van der Waals surface area contributed by atoms with Crippen molar-refractivity contribution >= 4 is 22.3 Å². The van der Waals surface area contributed by atoms with Gasteiger partial charge in [0.1, 0.15) is 17.4 Å². The maximum absolute atomic E-state index is 12.9. The van der Waals surface area contributed by atoms with Crippen LogP contribution < -0.4 is 20.7 Å². The monoisotopic (exact) mass is 426 g/mol. The fourth-order valence-corrected chi connectivity index (χ4v) is 4.83. The van der Waals surface area contributed by atoms with Crippen LogP contribution in [0.4, 0.5) is 0 Å². The van der Waals surface area contributed by atoms with Crippen LogP contribution in [0.1, 0.15) is 48.9 Å². The molecule has 0 aliphatic carbocycles. The Morgan fingerprint density at radius 2 is 1.97 bits per heavy atom. The molecule has 5 N–H and O–H groups in total. The van der Waals surface area contributed by atoms with Gasteiger partial charge in [0.05, 0.1) is 11.2 Å². The van der Waals surface area contributed by atoms with Crippen molar-refractivity contribution in [1.82, 2.24) is 10.3 Å². The Morgan fingerprint density at radius 3 is 2.59 bits per heavy atom. The minimum absolute atomic E-state index is 0.239. The first-order valence-corrected chi connectivity index (χ1v) is 10.9. The molecule has 1 aromatic carbocycles. The Kier molecular flexibility index (Phi) is 6.92. The zero-order valence-electron chi connectivity index (χ0n) is 17.5. The molecular weight excluding hydrogens is 396 g/mol. The molecule has 0 unspecified atom stereocenters. The molecule has 1 aliphatic rings. The molecule has 0 aromatic heterocycles. The van der Waals surface area contributed by atoms with Crippen LogP contribution in [0.2, 0.25) is 0 Å². The first kappa shape index (κ1) is 23.1. The van der Waals surface area contributed by atoms with Gasteiger partial charge in [-0.25, -0.2) is 8.42 Å². The molecule has 0 radical (unpaired) electrons. The third kappa shape index (κ3) is 5.26. The highest BCUT2D eigenvalue weighted by atomic mass is 32.2. The van der Waals surface area contributed by atoms with Crippen LogP contribution in [-0.4, -0.2) is 44.0 Å². The number of carbonyl (C=O) groups is 1. The Balaban J connectivity index is 2.06. The van der Waals surface area contributed by atoms with Gasteiger partial charge in [-0.2, -0.15) is 0 Å². The number of nitrogens with one attached hydrogen (secondary N) is 2. The summed E-state index contributed by atoms with van der Waals surface area (Å²) in [5, 5.41) is 8.71. The van der Waals surface area contributed by atoms with Gasteiger partial charge in [0.2, 0.25) is 0 Å². The number of fused-ring (bicyclic) bond motifs is 1. The number of hydrazine groups is 1. The average molecular weight is 427 g/mol. The number of carboxylic acids is 1. The van der Waals surface area contributed by atoms with Crippen LogP contribution in [0, 0.1) is 20.8 Å². The van der Waals surface area contributed by atoms with Crippen molar-refractivity contribution in [2.75, 3.05) is 6.54 Å². The van der Waals surface area contributed by atoms with Crippen molar-refractivity contribution in [3.63, 3.8) is 0 Å². The molecule has 0 spiro atoms. The quantitative estimate of drug-likeness (QED) is 0.202. The van der Waals surface area contributed by atoms with Gasteiger partial charge in [-0.05, 0) is 64.2 Å². The number of nitrogens with zero attached hydrogens (tertiary/aromatic N) is 1. The molecule has 1 aromatic rings. The number of rotatable bonds is 9. The van der Waals surface area contributed by atoms with E-state index in [0.717, 1.165) is 16.9 Å². The van der Waals surface area contributed by atoms with Crippen molar-refractivity contribution in [2.24, 2.45) is 10.7 Å². The van der Waals surface area contributed by atoms with Crippen LogP contribution >= 0.6 is 0 Å². The molecule has 162 valence electrons. The lowest BCUT2D eigenvalue weighted by molar-refractivity contribution is -0.138. The molecule has 1 heterocycles. The Bertz CT molecular complexity index is 925. The molecular formula is C19H30N4O5S. The minimum Gasteiger partial charge on any atom is -0.487 e. The first-order chi connectivity index (χ1) is 13.4. The third-order valence-corrected chi connectivity index (χ3v) is 6.57. The van der Waals surface area contributed by atoms with E-state index in [9.17, 15) is 13.2 Å². The second kappa shape index (κ2) is 8.68. The van der Waals surface area contributed by atoms with E-state index in [1.165, 1.54) is 6.34 Å². The van der Waals surface area contributed by atoms with E-state index in [4.69, 9.17) is 15.6 Å². The lowest BCUT2D eigenvalue weighted by Crippen LogP contribution is -2.37. The molecule has 0 amide bonds. The summed E-state index contributed by atoms with van der Waals surface area (Å²) in [6, 6.07) is -0.917. The zero-order valence-corrected chi connectivity index (χ0v) is 18.3. The smallest absolute Gasteiger partial charge is 0.320 e. The van der Waals surface area contributed by atoms with E-state index >= 15 is 0 Å². The van der Waals surface area contributed by atoms with Crippen LogP contribution in [0.5, 0.6) is 5.75 Å². The molecule has 0 saturated carbocycles. The van der Waals surface area contributed by atoms with Crippen molar-refractivity contribution in [3.8, 4) is 5.75 Å². The summed E-state index contributed by atoms with van der Waals surface area (Å²) >= 11 is 0. The van der Waals surface area contributed by atoms with E-state index in [2.05, 4.69) is 15.2 Å². The third-order valence-electron chi connectivity index (χ3n) is 5.03. The molecule has 0 bridgehead atoms. The Morgan fingerprint density at radius 1 is 1.31 bits per heavy atom. The Labute approximate surface area is 171 Å². The fraction of sp³-hybridized carbons (Fsp3) is 0.579. The maximum atomic E-state index is 12.9. The average Bonchev–Trinajstić information content (AvgIpc) is 2.94. The van der Waals surface area contributed by atoms with Gasteiger partial charge in [0, 0.05) is 18.5 Å². The number of hydrogen-bond donors (Lipinski definition) is 4. The van der Waals surface area contributed by atoms with Gasteiger partial charge in [0.15, 0.2) is 0 Å². The summed E-state index contributed by atoms with van der Waals surface area (Å²) in [5.74, 6) is -0.276. The van der Waals surface area contributed by atoms with Crippen LogP contribution in [0.3, 0.4) is 0 Å². The summed E-state index contributed by atoms with van der Waals surface area (Å²) < 4.78 is 31.8. The van der Waals surface area contributed by atoms with Crippen molar-refractivity contribution in [1.29, 1.82) is 0 Å². The number of nitrogens with two attached hydrogens (primary N) is 1. The number of benzene rings is 1. The number of carboxylic acid groups (broad SMARTS) is 1. The van der Waals surface area contributed by atoms with E-state index in [0.29, 0.717) is 36.9 Å². The molecule has 10 heteroatoms. The predicted octanol–water partition coefficient (Wildman–Crippen LogP) is 1.33. The standard InChI is InChI=1S/C19H30N4O5S/c1-11-12(2)17(13(3)14-9-19(4,5)28-16(11)14)29(26,27)23-22-10-21-8-6-7-15(20)18(24)25/h10,15,23H,6-9,20H2,1-5H3,(H,21,22)(H,24,25)/t15-/m1/s1. The highest BCUT2D eigenvalue weighted by Gasteiger charge is 2.36. The van der Waals surface area contributed by atoms with Crippen molar-refractivity contribution in [2.45, 2.75) is 70.4 Å². The van der Waals surface area contributed by atoms with Crippen LogP contribution in [0.25, 0.3) is 0 Å². The van der Waals surface area contributed by atoms with Gasteiger partial charge < -0.3 is 15.6 Å². The lowest BCUT2D eigenvalue weighted by atomic mass is 9.94. The van der Waals surface area contributed by atoms with Gasteiger partial charge in [-0.1, -0.05) is 0 Å². The van der Waals surface area contributed by atoms with Gasteiger partial charge in [-0.3, -0.25) is 15.2 Å². The SMILES string of the molecule is Cc1c(C)c(S(=O)(=O)NNC=NCCC[C@@H](N)C(=O)O)c(C)c2c1OC(C)(C)C2. The first-order valence-electron chi connectivity index (χ1n) is 9.43. The van der Waals surface area contributed by atoms with E-state index in [-0.39, 0.29) is 10.5 Å². The predicted molar refractivity (Wildman–Crippen MR) is 111 cm³/mol. The van der Waals surface area contributed by atoms with Crippen LogP contribution in [-0.2, 0) is 21.2 Å². The number of sulfonamides is 1. The highest BCUT2D eigenvalue weighted by molar-refractivity contribution is 7.89. The number of ether oxygens (including phenoxy) is 1. The van der Waals surface area contributed by atoms with Gasteiger partial charge in [0.25, 0.3) is 10.0 Å². The van der Waals surface area contributed by atoms with Crippen LogP contribution in [0.15, 0.2) is 9.89 Å². The summed E-state index contributed by atoms with van der Waals surface area (Å²) in [6.45, 7) is 9.73. The Hall–Kier alpha value is -2.17. The van der Waals surface area contributed by atoms with Crippen molar-refractivity contribution in [3.05, 3.63) is 22.3 Å². The second-order valence-electron chi connectivity index (χ2n) is 7.92. The summed E-state index contributed by atoms with van der Waals surface area (Å²) in [4.78, 5) is 17.2. The molecule has 0 fully saturated rings. The fourth-order valence-electron chi connectivity index (χ4n) is 3.44. The summed E-state index contributed by atoms with van der Waals surface area (Å²) in [5.41, 5.74) is 10.6. The lowest BCUT2D eigenvalue weighted by Gasteiger charge is -2.19. The highest BCUT2D eigenvalue weighted by Crippen LogP contribution is 2.43. The summed E-state index contributed by atoms with van der Waals surface area (Å²) in [6.07, 6.45) is 2.66. The zero-order chi connectivity index (χ0) is 22.0. The number of hydrogen-bond acceptors (Lipinski definition) is 6. The largest absolute Gasteiger partial charge is 0.487 e. The van der Waals surface area contributed by atoms with E-state index < -0.39 is 22.0 Å². The molecule has 29 heavy (non-hydrogen) atoms. The van der Waals surface area contributed by atoms with E-state index in [1.807, 2.05) is 20.8 Å². The number of aliphatic carboxylic acids is 1. The molecule has 0 saturated heterocycles. The van der Waals surface area contributed by atoms with Crippen molar-refractivity contribution < 1.29 is 23.1 Å². The summed E-state index contributed by atoms with van der Waals surface area (Å²) in [7, 11) is -3.83. The minimum atomic E-state index is -3.83. The molecule has 1 atom stereocenters. The topological polar surface area (TPSA) is 143 Å². The van der Waals surface area contributed by atoms with Gasteiger partial charge >= 0.3 is 5.97 Å². The van der Waals surface area contributed by atoms with E-state index in [1.54, 1.807) is 13.8 Å². The van der Waals surface area contributed by atoms with Gasteiger partial charge in [-0.15, -0.1) is 4.83 Å². The number of aliphatic imine (C=N–C) groups is 1. The second-order valence-corrected chi connectivity index (χ2v) is 9.54. The molecule has 9 nitrogen and oxygen atoms in total. The molecule has 1 aliphatic heterocycles. The normalized spacial score (nSPS) is 16.5. The molecule has 2 rings (SSSR count). The maximum Gasteiger partial charge on any atom is 0.320 e.